The standard InChI is InChI=1S/C21H28N4O5S/c1-5-30-21(27)18-14(3)23-15(4)19(18)31(28,29)25-11-7-9-16(12-25)20(26)24-17-10-6-8-13(2)22-17/h6,8,10,16,23H,5,7,9,11-12H2,1-4H3,(H,22,24,26)/t16-/m1/s1. The van der Waals surface area contributed by atoms with Crippen molar-refractivity contribution in [1.82, 2.24) is 14.3 Å². The molecule has 0 bridgehead atoms. The summed E-state index contributed by atoms with van der Waals surface area (Å²) in [6.07, 6.45) is 1.11. The predicted molar refractivity (Wildman–Crippen MR) is 115 cm³/mol. The van der Waals surface area contributed by atoms with Crippen LogP contribution < -0.4 is 5.32 Å². The maximum atomic E-state index is 13.5. The number of hydrogen-bond acceptors (Lipinski definition) is 6. The second-order valence-electron chi connectivity index (χ2n) is 7.66. The quantitative estimate of drug-likeness (QED) is 0.655. The number of piperidine rings is 1. The third kappa shape index (κ3) is 4.80. The molecular weight excluding hydrogens is 420 g/mol. The molecule has 0 spiro atoms. The van der Waals surface area contributed by atoms with E-state index in [4.69, 9.17) is 4.74 Å². The second-order valence-corrected chi connectivity index (χ2v) is 9.53. The molecule has 0 saturated carbocycles. The number of carbonyl (C=O) groups is 2. The van der Waals surface area contributed by atoms with Crippen LogP contribution in [0.3, 0.4) is 0 Å². The molecule has 3 rings (SSSR count). The first kappa shape index (κ1) is 23.0. The minimum Gasteiger partial charge on any atom is -0.462 e. The van der Waals surface area contributed by atoms with Crippen LogP contribution >= 0.6 is 0 Å². The molecule has 9 nitrogen and oxygen atoms in total. The third-order valence-corrected chi connectivity index (χ3v) is 7.33. The molecule has 31 heavy (non-hydrogen) atoms. The number of hydrogen-bond donors (Lipinski definition) is 2. The third-order valence-electron chi connectivity index (χ3n) is 5.29. The summed E-state index contributed by atoms with van der Waals surface area (Å²) in [6.45, 7) is 7.19. The number of rotatable bonds is 6. The van der Waals surface area contributed by atoms with Crippen LogP contribution in [0.15, 0.2) is 23.1 Å². The highest BCUT2D eigenvalue weighted by Gasteiger charge is 2.38. The van der Waals surface area contributed by atoms with Crippen molar-refractivity contribution < 1.29 is 22.7 Å². The van der Waals surface area contributed by atoms with Crippen LogP contribution in [-0.4, -0.2) is 54.3 Å². The number of pyridine rings is 1. The Morgan fingerprint density at radius 1 is 1.26 bits per heavy atom. The summed E-state index contributed by atoms with van der Waals surface area (Å²) >= 11 is 0. The molecule has 0 unspecified atom stereocenters. The summed E-state index contributed by atoms with van der Waals surface area (Å²) < 4.78 is 33.3. The Morgan fingerprint density at radius 2 is 2.00 bits per heavy atom. The molecule has 10 heteroatoms. The van der Waals surface area contributed by atoms with E-state index in [1.54, 1.807) is 32.9 Å². The first-order chi connectivity index (χ1) is 14.6. The molecule has 0 radical (unpaired) electrons. The zero-order chi connectivity index (χ0) is 22.8. The number of aromatic amines is 1. The van der Waals surface area contributed by atoms with Gasteiger partial charge in [-0.05, 0) is 52.7 Å². The largest absolute Gasteiger partial charge is 0.462 e. The van der Waals surface area contributed by atoms with Crippen LogP contribution in [-0.2, 0) is 19.6 Å². The highest BCUT2D eigenvalue weighted by molar-refractivity contribution is 7.89. The van der Waals surface area contributed by atoms with Crippen LogP contribution in [0.25, 0.3) is 0 Å². The van der Waals surface area contributed by atoms with Crippen molar-refractivity contribution in [3.05, 3.63) is 40.8 Å². The number of amides is 1. The van der Waals surface area contributed by atoms with E-state index in [1.807, 2.05) is 13.0 Å². The number of aryl methyl sites for hydroxylation is 3. The molecule has 3 heterocycles. The average molecular weight is 449 g/mol. The molecular formula is C21H28N4O5S. The van der Waals surface area contributed by atoms with Crippen molar-refractivity contribution >= 4 is 27.7 Å². The van der Waals surface area contributed by atoms with E-state index < -0.39 is 21.9 Å². The van der Waals surface area contributed by atoms with Crippen LogP contribution in [0, 0.1) is 26.7 Å². The van der Waals surface area contributed by atoms with Crippen molar-refractivity contribution in [2.24, 2.45) is 5.92 Å². The van der Waals surface area contributed by atoms with Gasteiger partial charge in [0.1, 0.15) is 16.3 Å². The fourth-order valence-corrected chi connectivity index (χ4v) is 5.81. The van der Waals surface area contributed by atoms with Crippen molar-refractivity contribution in [2.45, 2.75) is 45.4 Å². The summed E-state index contributed by atoms with van der Waals surface area (Å²) in [5.74, 6) is -1.03. The smallest absolute Gasteiger partial charge is 0.341 e. The Balaban J connectivity index is 1.84. The summed E-state index contributed by atoms with van der Waals surface area (Å²) in [5, 5.41) is 2.77. The Kier molecular flexibility index (Phi) is 6.80. The van der Waals surface area contributed by atoms with Gasteiger partial charge in [0, 0.05) is 30.2 Å². The Bertz CT molecular complexity index is 1090. The molecule has 1 saturated heterocycles. The molecule has 2 aromatic rings. The molecule has 1 aliphatic heterocycles. The molecule has 0 aromatic carbocycles. The summed E-state index contributed by atoms with van der Waals surface area (Å²) in [5.41, 5.74) is 1.60. The second kappa shape index (κ2) is 9.19. The van der Waals surface area contributed by atoms with Gasteiger partial charge in [-0.3, -0.25) is 4.79 Å². The highest BCUT2D eigenvalue weighted by Crippen LogP contribution is 2.30. The SMILES string of the molecule is CCOC(=O)c1c(C)[nH]c(C)c1S(=O)(=O)N1CCC[C@@H](C(=O)Nc2cccc(C)n2)C1. The lowest BCUT2D eigenvalue weighted by molar-refractivity contribution is -0.120. The number of aromatic nitrogens is 2. The van der Waals surface area contributed by atoms with Gasteiger partial charge < -0.3 is 15.0 Å². The summed E-state index contributed by atoms with van der Waals surface area (Å²) in [6, 6.07) is 5.32. The monoisotopic (exact) mass is 448 g/mol. The molecule has 1 aliphatic rings. The average Bonchev–Trinajstić information content (AvgIpc) is 3.03. The van der Waals surface area contributed by atoms with Gasteiger partial charge in [0.15, 0.2) is 0 Å². The van der Waals surface area contributed by atoms with E-state index >= 15 is 0 Å². The molecule has 1 amide bonds. The Hall–Kier alpha value is -2.72. The number of carbonyl (C=O) groups excluding carboxylic acids is 2. The Morgan fingerprint density at radius 3 is 2.68 bits per heavy atom. The minimum absolute atomic E-state index is 0.0230. The van der Waals surface area contributed by atoms with E-state index in [9.17, 15) is 18.0 Å². The number of nitrogens with zero attached hydrogens (tertiary/aromatic N) is 2. The minimum atomic E-state index is -4.01. The number of nitrogens with one attached hydrogen (secondary N) is 2. The van der Waals surface area contributed by atoms with Gasteiger partial charge >= 0.3 is 5.97 Å². The maximum Gasteiger partial charge on any atom is 0.341 e. The predicted octanol–water partition coefficient (Wildman–Crippen LogP) is 2.55. The number of H-pyrrole nitrogens is 1. The van der Waals surface area contributed by atoms with Crippen molar-refractivity contribution in [3.8, 4) is 0 Å². The van der Waals surface area contributed by atoms with Crippen LogP contribution in [0.4, 0.5) is 5.82 Å². The van der Waals surface area contributed by atoms with E-state index in [0.717, 1.165) is 5.69 Å². The van der Waals surface area contributed by atoms with Crippen LogP contribution in [0.5, 0.6) is 0 Å². The summed E-state index contributed by atoms with van der Waals surface area (Å²) in [7, 11) is -4.01. The first-order valence-corrected chi connectivity index (χ1v) is 11.7. The van der Waals surface area contributed by atoms with Gasteiger partial charge in [-0.1, -0.05) is 6.07 Å². The highest BCUT2D eigenvalue weighted by atomic mass is 32.2. The van der Waals surface area contributed by atoms with E-state index in [0.29, 0.717) is 30.0 Å². The van der Waals surface area contributed by atoms with Crippen molar-refractivity contribution in [2.75, 3.05) is 25.0 Å². The zero-order valence-corrected chi connectivity index (χ0v) is 19.0. The lowest BCUT2D eigenvalue weighted by atomic mass is 9.99. The van der Waals surface area contributed by atoms with E-state index in [2.05, 4.69) is 15.3 Å². The van der Waals surface area contributed by atoms with Gasteiger partial charge in [-0.25, -0.2) is 18.2 Å². The van der Waals surface area contributed by atoms with Gasteiger partial charge in [0.05, 0.1) is 12.5 Å². The maximum absolute atomic E-state index is 13.5. The molecule has 2 aromatic heterocycles. The van der Waals surface area contributed by atoms with Gasteiger partial charge in [-0.2, -0.15) is 4.31 Å². The lowest BCUT2D eigenvalue weighted by Gasteiger charge is -2.31. The van der Waals surface area contributed by atoms with Crippen LogP contribution in [0.1, 0.15) is 47.2 Å². The van der Waals surface area contributed by atoms with E-state index in [1.165, 1.54) is 4.31 Å². The number of anilines is 1. The summed E-state index contributed by atoms with van der Waals surface area (Å²) in [4.78, 5) is 32.3. The fraction of sp³-hybridized carbons (Fsp3) is 0.476. The molecule has 1 atom stereocenters. The number of sulfonamides is 1. The number of ether oxygens (including phenoxy) is 1. The topological polar surface area (TPSA) is 121 Å². The van der Waals surface area contributed by atoms with Crippen molar-refractivity contribution in [1.29, 1.82) is 0 Å². The van der Waals surface area contributed by atoms with Crippen molar-refractivity contribution in [3.63, 3.8) is 0 Å². The molecule has 168 valence electrons. The normalized spacial score (nSPS) is 17.4. The molecule has 0 aliphatic carbocycles. The van der Waals surface area contributed by atoms with Gasteiger partial charge in [-0.15, -0.1) is 0 Å². The van der Waals surface area contributed by atoms with Gasteiger partial charge in [0.2, 0.25) is 15.9 Å². The molecule has 2 N–H and O–H groups in total. The number of esters is 1. The molecule has 1 fully saturated rings. The Labute approximate surface area is 182 Å². The lowest BCUT2D eigenvalue weighted by Crippen LogP contribution is -2.44. The fourth-order valence-electron chi connectivity index (χ4n) is 3.87. The first-order valence-electron chi connectivity index (χ1n) is 10.3. The van der Waals surface area contributed by atoms with E-state index in [-0.39, 0.29) is 36.1 Å². The van der Waals surface area contributed by atoms with Gasteiger partial charge in [0.25, 0.3) is 0 Å². The van der Waals surface area contributed by atoms with Crippen LogP contribution in [0.2, 0.25) is 0 Å². The zero-order valence-electron chi connectivity index (χ0n) is 18.2.